The van der Waals surface area contributed by atoms with Crippen molar-refractivity contribution in [3.63, 3.8) is 0 Å². The maximum absolute atomic E-state index is 4.13. The molecule has 1 unspecified atom stereocenters. The van der Waals surface area contributed by atoms with Gasteiger partial charge in [0.05, 0.1) is 0 Å². The summed E-state index contributed by atoms with van der Waals surface area (Å²) in [6.07, 6.45) is 5.32. The molecule has 0 aromatic carbocycles. The van der Waals surface area contributed by atoms with Gasteiger partial charge in [-0.15, -0.1) is 0 Å². The van der Waals surface area contributed by atoms with Crippen molar-refractivity contribution in [2.24, 2.45) is 0 Å². The van der Waals surface area contributed by atoms with Crippen LogP contribution in [-0.4, -0.2) is 28.2 Å². The van der Waals surface area contributed by atoms with Crippen LogP contribution in [0.2, 0.25) is 0 Å². The van der Waals surface area contributed by atoms with E-state index in [1.807, 2.05) is 18.8 Å². The van der Waals surface area contributed by atoms with E-state index in [1.165, 1.54) is 30.8 Å². The molecule has 5 heteroatoms. The highest BCUT2D eigenvalue weighted by Gasteiger charge is 2.03. The average Bonchev–Trinajstić information content (AvgIpc) is 2.71. The zero-order chi connectivity index (χ0) is 10.2. The average molecular weight is 231 g/mol. The van der Waals surface area contributed by atoms with Crippen LogP contribution in [0.3, 0.4) is 0 Å². The van der Waals surface area contributed by atoms with Crippen LogP contribution < -0.4 is 5.32 Å². The summed E-state index contributed by atoms with van der Waals surface area (Å²) in [4.78, 5) is 4.13. The van der Waals surface area contributed by atoms with E-state index in [4.69, 9.17) is 0 Å². The van der Waals surface area contributed by atoms with Crippen LogP contribution >= 0.6 is 23.3 Å². The van der Waals surface area contributed by atoms with Crippen LogP contribution in [0.25, 0.3) is 0 Å². The molecule has 0 saturated heterocycles. The molecule has 80 valence electrons. The summed E-state index contributed by atoms with van der Waals surface area (Å²) >= 11 is 3.29. The molecule has 1 aromatic heterocycles. The molecule has 0 aliphatic heterocycles. The summed E-state index contributed by atoms with van der Waals surface area (Å²) < 4.78 is 5.05. The number of aromatic nitrogens is 2. The van der Waals surface area contributed by atoms with Crippen molar-refractivity contribution >= 4 is 23.3 Å². The molecule has 0 spiro atoms. The summed E-state index contributed by atoms with van der Waals surface area (Å²) in [7, 11) is 2.03. The quantitative estimate of drug-likeness (QED) is 0.577. The lowest BCUT2D eigenvalue weighted by atomic mass is 10.1. The summed E-state index contributed by atoms with van der Waals surface area (Å²) in [5.41, 5.74) is 0. The first-order valence-electron chi connectivity index (χ1n) is 4.93. The van der Waals surface area contributed by atoms with E-state index < -0.39 is 0 Å². The first kappa shape index (κ1) is 11.9. The van der Waals surface area contributed by atoms with E-state index in [0.29, 0.717) is 6.04 Å². The Labute approximate surface area is 93.9 Å². The molecule has 0 aliphatic rings. The van der Waals surface area contributed by atoms with Gasteiger partial charge in [-0.3, -0.25) is 0 Å². The predicted molar refractivity (Wildman–Crippen MR) is 63.0 cm³/mol. The van der Waals surface area contributed by atoms with E-state index >= 15 is 0 Å². The highest BCUT2D eigenvalue weighted by Crippen LogP contribution is 2.19. The van der Waals surface area contributed by atoms with Gasteiger partial charge in [0.1, 0.15) is 6.33 Å². The van der Waals surface area contributed by atoms with Gasteiger partial charge < -0.3 is 5.32 Å². The molecular weight excluding hydrogens is 214 g/mol. The normalized spacial score (nSPS) is 13.0. The zero-order valence-corrected chi connectivity index (χ0v) is 10.3. The van der Waals surface area contributed by atoms with Crippen molar-refractivity contribution in [3.8, 4) is 0 Å². The number of nitrogens with zero attached hydrogens (tertiary/aromatic N) is 2. The third-order valence-electron chi connectivity index (χ3n) is 2.16. The second-order valence-corrected chi connectivity index (χ2v) is 5.21. The Kier molecular flexibility index (Phi) is 6.14. The van der Waals surface area contributed by atoms with E-state index in [0.717, 1.165) is 10.1 Å². The molecular formula is C9H17N3S2. The minimum Gasteiger partial charge on any atom is -0.317 e. The van der Waals surface area contributed by atoms with Crippen LogP contribution in [0.5, 0.6) is 0 Å². The molecule has 0 fully saturated rings. The minimum absolute atomic E-state index is 0.671. The smallest absolute Gasteiger partial charge is 0.169 e. The fraction of sp³-hybridized carbons (Fsp3) is 0.778. The van der Waals surface area contributed by atoms with Gasteiger partial charge in [-0.25, -0.2) is 4.98 Å². The van der Waals surface area contributed by atoms with Gasteiger partial charge in [-0.05, 0) is 37.8 Å². The SMILES string of the molecule is CCC(CCCSc1ncns1)NC. The Bertz CT molecular complexity index is 222. The Morgan fingerprint density at radius 3 is 3.07 bits per heavy atom. The van der Waals surface area contributed by atoms with Crippen molar-refractivity contribution in [3.05, 3.63) is 6.33 Å². The van der Waals surface area contributed by atoms with Gasteiger partial charge in [0.25, 0.3) is 0 Å². The monoisotopic (exact) mass is 231 g/mol. The van der Waals surface area contributed by atoms with Crippen LogP contribution in [0, 0.1) is 0 Å². The van der Waals surface area contributed by atoms with E-state index in [-0.39, 0.29) is 0 Å². The Balaban J connectivity index is 2.04. The van der Waals surface area contributed by atoms with Gasteiger partial charge in [0, 0.05) is 11.8 Å². The third kappa shape index (κ3) is 4.39. The van der Waals surface area contributed by atoms with Crippen molar-refractivity contribution < 1.29 is 0 Å². The van der Waals surface area contributed by atoms with Crippen molar-refractivity contribution in [2.75, 3.05) is 12.8 Å². The molecule has 1 heterocycles. The summed E-state index contributed by atoms with van der Waals surface area (Å²) in [6, 6.07) is 0.671. The number of nitrogens with one attached hydrogen (secondary N) is 1. The van der Waals surface area contributed by atoms with Crippen LogP contribution in [0.15, 0.2) is 10.7 Å². The fourth-order valence-electron chi connectivity index (χ4n) is 1.27. The predicted octanol–water partition coefficient (Wildman–Crippen LogP) is 2.41. The van der Waals surface area contributed by atoms with Crippen LogP contribution in [-0.2, 0) is 0 Å². The van der Waals surface area contributed by atoms with Crippen molar-refractivity contribution in [1.82, 2.24) is 14.7 Å². The fourth-order valence-corrected chi connectivity index (χ4v) is 2.74. The highest BCUT2D eigenvalue weighted by atomic mass is 32.2. The standard InChI is InChI=1S/C9H17N3S2/c1-3-8(10-2)5-4-6-13-9-11-7-12-14-9/h7-8,10H,3-6H2,1-2H3. The Hall–Kier alpha value is -0.130. The highest BCUT2D eigenvalue weighted by molar-refractivity contribution is 8.00. The molecule has 1 N–H and O–H groups in total. The molecule has 3 nitrogen and oxygen atoms in total. The number of thioether (sulfide) groups is 1. The summed E-state index contributed by atoms with van der Waals surface area (Å²) in [6.45, 7) is 2.22. The molecule has 0 amide bonds. The second-order valence-electron chi connectivity index (χ2n) is 3.09. The van der Waals surface area contributed by atoms with Gasteiger partial charge in [0.15, 0.2) is 4.34 Å². The van der Waals surface area contributed by atoms with Crippen LogP contribution in [0.4, 0.5) is 0 Å². The van der Waals surface area contributed by atoms with Crippen LogP contribution in [0.1, 0.15) is 26.2 Å². The minimum atomic E-state index is 0.671. The molecule has 0 saturated carbocycles. The number of rotatable bonds is 7. The van der Waals surface area contributed by atoms with Crippen molar-refractivity contribution in [2.45, 2.75) is 36.6 Å². The third-order valence-corrected chi connectivity index (χ3v) is 4.05. The van der Waals surface area contributed by atoms with Gasteiger partial charge in [-0.2, -0.15) is 4.37 Å². The molecule has 0 bridgehead atoms. The lowest BCUT2D eigenvalue weighted by Crippen LogP contribution is -2.23. The Morgan fingerprint density at radius 2 is 2.50 bits per heavy atom. The largest absolute Gasteiger partial charge is 0.317 e. The number of hydrogen-bond acceptors (Lipinski definition) is 5. The van der Waals surface area contributed by atoms with Gasteiger partial charge >= 0.3 is 0 Å². The first-order valence-corrected chi connectivity index (χ1v) is 6.69. The first-order chi connectivity index (χ1) is 6.86. The lowest BCUT2D eigenvalue weighted by Gasteiger charge is -2.12. The second kappa shape index (κ2) is 7.20. The van der Waals surface area contributed by atoms with E-state index in [2.05, 4.69) is 21.6 Å². The maximum atomic E-state index is 4.13. The van der Waals surface area contributed by atoms with E-state index in [1.54, 1.807) is 6.33 Å². The molecule has 1 rings (SSSR count). The van der Waals surface area contributed by atoms with Crippen molar-refractivity contribution in [1.29, 1.82) is 0 Å². The van der Waals surface area contributed by atoms with Gasteiger partial charge in [0.2, 0.25) is 0 Å². The molecule has 1 atom stereocenters. The topological polar surface area (TPSA) is 37.8 Å². The molecule has 14 heavy (non-hydrogen) atoms. The lowest BCUT2D eigenvalue weighted by molar-refractivity contribution is 0.504. The maximum Gasteiger partial charge on any atom is 0.169 e. The summed E-state index contributed by atoms with van der Waals surface area (Å²) in [5.74, 6) is 1.15. The van der Waals surface area contributed by atoms with Gasteiger partial charge in [-0.1, -0.05) is 18.7 Å². The zero-order valence-electron chi connectivity index (χ0n) is 8.69. The molecule has 1 aromatic rings. The molecule has 0 aliphatic carbocycles. The van der Waals surface area contributed by atoms with E-state index in [9.17, 15) is 0 Å². The Morgan fingerprint density at radius 1 is 1.64 bits per heavy atom. The summed E-state index contributed by atoms with van der Waals surface area (Å²) in [5, 5.41) is 3.31. The molecule has 0 radical (unpaired) electrons. The number of hydrogen-bond donors (Lipinski definition) is 1.